The summed E-state index contributed by atoms with van der Waals surface area (Å²) in [5, 5.41) is 0. The topological polar surface area (TPSA) is 78.9 Å². The van der Waals surface area contributed by atoms with E-state index >= 15 is 0 Å². The van der Waals surface area contributed by atoms with Gasteiger partial charge in [-0.25, -0.2) is 0 Å². The maximum absolute atomic E-state index is 12.8. The number of hydrogen-bond acceptors (Lipinski definition) is 6. The molecule has 0 aliphatic rings. The maximum Gasteiger partial charge on any atom is 0.306 e. The fraction of sp³-hybridized carbons (Fsp3) is 0.603. The van der Waals surface area contributed by atoms with Gasteiger partial charge in [0, 0.05) is 19.3 Å². The smallest absolute Gasteiger partial charge is 0.306 e. The third-order valence-corrected chi connectivity index (χ3v) is 11.1. The van der Waals surface area contributed by atoms with Crippen molar-refractivity contribution in [3.8, 4) is 0 Å². The Morgan fingerprint density at radius 1 is 0.304 bits per heavy atom. The van der Waals surface area contributed by atoms with Gasteiger partial charge >= 0.3 is 17.9 Å². The van der Waals surface area contributed by atoms with Gasteiger partial charge in [0.1, 0.15) is 13.2 Å². The zero-order valence-corrected chi connectivity index (χ0v) is 44.3. The quantitative estimate of drug-likeness (QED) is 0.0262. The molecule has 0 N–H and O–H groups in total. The monoisotopic (exact) mass is 953 g/mol. The first kappa shape index (κ1) is 64.5. The number of ether oxygens (including phenoxy) is 3. The van der Waals surface area contributed by atoms with Gasteiger partial charge in [0.15, 0.2) is 6.10 Å². The number of allylic oxidation sites excluding steroid dienone is 22. The number of carbonyl (C=O) groups excluding carboxylic acids is 3. The number of unbranched alkanes of at least 4 members (excludes halogenated alkanes) is 15. The van der Waals surface area contributed by atoms with Gasteiger partial charge in [0.2, 0.25) is 0 Å². The van der Waals surface area contributed by atoms with E-state index in [4.69, 9.17) is 14.2 Å². The summed E-state index contributed by atoms with van der Waals surface area (Å²) in [6.07, 6.45) is 78.7. The second kappa shape index (κ2) is 56.1. The van der Waals surface area contributed by atoms with Crippen molar-refractivity contribution in [3.63, 3.8) is 0 Å². The van der Waals surface area contributed by atoms with Crippen LogP contribution in [0.15, 0.2) is 134 Å². The van der Waals surface area contributed by atoms with Crippen LogP contribution in [0.2, 0.25) is 0 Å². The number of esters is 3. The van der Waals surface area contributed by atoms with Crippen LogP contribution in [0.1, 0.15) is 226 Å². The first-order valence-corrected chi connectivity index (χ1v) is 27.7. The van der Waals surface area contributed by atoms with Gasteiger partial charge in [0.05, 0.1) is 0 Å². The molecule has 0 spiro atoms. The van der Waals surface area contributed by atoms with E-state index in [1.807, 2.05) is 0 Å². The summed E-state index contributed by atoms with van der Waals surface area (Å²) in [6.45, 7) is 6.36. The van der Waals surface area contributed by atoms with Crippen LogP contribution in [0.3, 0.4) is 0 Å². The highest BCUT2D eigenvalue weighted by molar-refractivity contribution is 5.71. The Bertz CT molecular complexity index is 1510. The van der Waals surface area contributed by atoms with Crippen LogP contribution in [0, 0.1) is 0 Å². The van der Waals surface area contributed by atoms with Crippen LogP contribution in [0.4, 0.5) is 0 Å². The van der Waals surface area contributed by atoms with Crippen molar-refractivity contribution in [1.29, 1.82) is 0 Å². The minimum absolute atomic E-state index is 0.126. The van der Waals surface area contributed by atoms with Gasteiger partial charge in [-0.15, -0.1) is 0 Å². The van der Waals surface area contributed by atoms with Gasteiger partial charge in [-0.05, 0) is 128 Å². The molecule has 0 aromatic rings. The first-order valence-electron chi connectivity index (χ1n) is 27.7. The second-order valence-corrected chi connectivity index (χ2v) is 17.7. The zero-order chi connectivity index (χ0) is 50.0. The van der Waals surface area contributed by atoms with E-state index in [-0.39, 0.29) is 44.0 Å². The van der Waals surface area contributed by atoms with Crippen molar-refractivity contribution in [2.24, 2.45) is 0 Å². The van der Waals surface area contributed by atoms with E-state index in [1.54, 1.807) is 0 Å². The molecule has 1 atom stereocenters. The highest BCUT2D eigenvalue weighted by Gasteiger charge is 2.19. The van der Waals surface area contributed by atoms with Crippen LogP contribution in [-0.2, 0) is 28.6 Å². The minimum atomic E-state index is -0.838. The fourth-order valence-corrected chi connectivity index (χ4v) is 6.97. The van der Waals surface area contributed by atoms with Crippen LogP contribution in [-0.4, -0.2) is 37.2 Å². The normalized spacial score (nSPS) is 13.1. The molecule has 388 valence electrons. The van der Waals surface area contributed by atoms with Crippen molar-refractivity contribution in [2.45, 2.75) is 232 Å². The lowest BCUT2D eigenvalue weighted by Gasteiger charge is -2.18. The Hall–Kier alpha value is -4.45. The third kappa shape index (κ3) is 54.4. The number of rotatable bonds is 48. The molecule has 0 aromatic heterocycles. The number of carbonyl (C=O) groups is 3. The average molecular weight is 953 g/mol. The Morgan fingerprint density at radius 2 is 0.580 bits per heavy atom. The molecule has 0 saturated carbocycles. The minimum Gasteiger partial charge on any atom is -0.462 e. The summed E-state index contributed by atoms with van der Waals surface area (Å²) in [5.41, 5.74) is 0. The van der Waals surface area contributed by atoms with Crippen LogP contribution in [0.25, 0.3) is 0 Å². The first-order chi connectivity index (χ1) is 34.0. The van der Waals surface area contributed by atoms with Gasteiger partial charge < -0.3 is 14.2 Å². The predicted octanol–water partition coefficient (Wildman–Crippen LogP) is 18.6. The van der Waals surface area contributed by atoms with E-state index in [9.17, 15) is 14.4 Å². The molecule has 0 amide bonds. The summed E-state index contributed by atoms with van der Waals surface area (Å²) in [7, 11) is 0. The fourth-order valence-electron chi connectivity index (χ4n) is 6.97. The van der Waals surface area contributed by atoms with Crippen molar-refractivity contribution >= 4 is 17.9 Å². The molecule has 6 heteroatoms. The Labute approximate surface area is 424 Å². The zero-order valence-electron chi connectivity index (χ0n) is 44.3. The largest absolute Gasteiger partial charge is 0.462 e. The molecule has 0 bridgehead atoms. The average Bonchev–Trinajstić information content (AvgIpc) is 3.35. The molecule has 0 heterocycles. The van der Waals surface area contributed by atoms with Crippen molar-refractivity contribution in [2.75, 3.05) is 13.2 Å². The highest BCUT2D eigenvalue weighted by atomic mass is 16.6. The molecular formula is C63H100O6. The predicted molar refractivity (Wildman–Crippen MR) is 297 cm³/mol. The van der Waals surface area contributed by atoms with Crippen LogP contribution >= 0.6 is 0 Å². The van der Waals surface area contributed by atoms with Crippen molar-refractivity contribution < 1.29 is 28.6 Å². The van der Waals surface area contributed by atoms with E-state index in [2.05, 4.69) is 154 Å². The lowest BCUT2D eigenvalue weighted by atomic mass is 10.1. The van der Waals surface area contributed by atoms with E-state index < -0.39 is 6.10 Å². The molecule has 0 radical (unpaired) electrons. The summed E-state index contributed by atoms with van der Waals surface area (Å²) in [5.74, 6) is -1.06. The molecule has 0 rings (SSSR count). The van der Waals surface area contributed by atoms with Crippen LogP contribution in [0.5, 0.6) is 0 Å². The molecule has 1 unspecified atom stereocenters. The molecule has 6 nitrogen and oxygen atoms in total. The standard InChI is InChI=1S/C63H100O6/c1-4-7-10-13-16-19-22-25-28-31-34-37-40-43-46-49-52-55-61(64)67-58-60(69-63(66)57-54-51-48-45-42-39-36-33-30-27-24-21-18-15-12-9-6-3)59-68-62(65)56-53-50-47-44-41-38-35-32-29-26-23-20-17-14-11-8-5-2/h7,10,16-21,25-30,34,36-37,39,43,45-46,48,60H,4-6,8-9,11-15,22-24,31-33,35,38,40-42,44,47,49-59H2,1-3H3/b10-7-,19-16-,20-17-,21-18-,28-25-,29-26-,30-27-,37-34-,39-36-,46-43-,48-45-. The van der Waals surface area contributed by atoms with Crippen molar-refractivity contribution in [1.82, 2.24) is 0 Å². The third-order valence-electron chi connectivity index (χ3n) is 11.1. The highest BCUT2D eigenvalue weighted by Crippen LogP contribution is 2.12. The molecular weight excluding hydrogens is 853 g/mol. The summed E-state index contributed by atoms with van der Waals surface area (Å²) < 4.78 is 16.7. The summed E-state index contributed by atoms with van der Waals surface area (Å²) in [6, 6.07) is 0. The molecule has 0 aromatic carbocycles. The van der Waals surface area contributed by atoms with Gasteiger partial charge in [0.25, 0.3) is 0 Å². The Kier molecular flexibility index (Phi) is 52.5. The lowest BCUT2D eigenvalue weighted by Crippen LogP contribution is -2.30. The van der Waals surface area contributed by atoms with E-state index in [1.165, 1.54) is 77.0 Å². The van der Waals surface area contributed by atoms with Gasteiger partial charge in [-0.2, -0.15) is 0 Å². The van der Waals surface area contributed by atoms with Gasteiger partial charge in [-0.3, -0.25) is 14.4 Å². The lowest BCUT2D eigenvalue weighted by molar-refractivity contribution is -0.167. The number of hydrogen-bond donors (Lipinski definition) is 0. The SMILES string of the molecule is CC/C=C\C/C=C\C/C=C\C/C=C\C/C=C\CCCC(=O)OCC(COC(=O)CCCCCCCCC/C=C\C/C=C\CCCCC)OC(=O)CCC/C=C\C/C=C\C/C=C\C/C=C\CCCCC. The summed E-state index contributed by atoms with van der Waals surface area (Å²) >= 11 is 0. The molecule has 0 aliphatic carbocycles. The van der Waals surface area contributed by atoms with Crippen LogP contribution < -0.4 is 0 Å². The molecule has 69 heavy (non-hydrogen) atoms. The van der Waals surface area contributed by atoms with E-state index in [0.717, 1.165) is 96.3 Å². The Morgan fingerprint density at radius 3 is 0.942 bits per heavy atom. The van der Waals surface area contributed by atoms with Crippen molar-refractivity contribution in [3.05, 3.63) is 134 Å². The Balaban J connectivity index is 4.60. The molecule has 0 fully saturated rings. The second-order valence-electron chi connectivity index (χ2n) is 17.7. The van der Waals surface area contributed by atoms with Gasteiger partial charge in [-0.1, -0.05) is 212 Å². The molecule has 0 saturated heterocycles. The summed E-state index contributed by atoms with van der Waals surface area (Å²) in [4.78, 5) is 38.1. The molecule has 0 aliphatic heterocycles. The maximum atomic E-state index is 12.8. The van der Waals surface area contributed by atoms with E-state index in [0.29, 0.717) is 19.3 Å².